The van der Waals surface area contributed by atoms with Crippen molar-refractivity contribution in [3.63, 3.8) is 0 Å². The van der Waals surface area contributed by atoms with Gasteiger partial charge in [-0.05, 0) is 74.7 Å². The highest BCUT2D eigenvalue weighted by Gasteiger charge is 2.26. The third-order valence-electron chi connectivity index (χ3n) is 7.56. The number of aryl methyl sites for hydroxylation is 1. The van der Waals surface area contributed by atoms with Crippen LogP contribution in [0.2, 0.25) is 0 Å². The van der Waals surface area contributed by atoms with Gasteiger partial charge in [-0.2, -0.15) is 0 Å². The maximum Gasteiger partial charge on any atom is 0.219 e. The first kappa shape index (κ1) is 24.3. The molecule has 2 aromatic heterocycles. The van der Waals surface area contributed by atoms with Gasteiger partial charge in [0.1, 0.15) is 5.58 Å². The maximum atomic E-state index is 11.8. The summed E-state index contributed by atoms with van der Waals surface area (Å²) in [6, 6.07) is 6.49. The zero-order valence-corrected chi connectivity index (χ0v) is 21.6. The summed E-state index contributed by atoms with van der Waals surface area (Å²) in [5, 5.41) is 1.31. The number of furan rings is 1. The topological polar surface area (TPSA) is 36.7 Å². The largest absolute Gasteiger partial charge is 0.464 e. The van der Waals surface area contributed by atoms with Gasteiger partial charge in [0.15, 0.2) is 0 Å². The molecule has 1 fully saturated rings. The van der Waals surface area contributed by atoms with E-state index < -0.39 is 0 Å². The molecule has 5 rings (SSSR count). The number of thiophene rings is 1. The summed E-state index contributed by atoms with van der Waals surface area (Å²) < 4.78 is 5.92. The number of fused-ring (bicyclic) bond motifs is 2. The minimum Gasteiger partial charge on any atom is -0.464 e. The van der Waals surface area contributed by atoms with Gasteiger partial charge in [-0.3, -0.25) is 4.79 Å². The number of para-hydroxylation sites is 1. The van der Waals surface area contributed by atoms with Crippen molar-refractivity contribution >= 4 is 40.6 Å². The van der Waals surface area contributed by atoms with Gasteiger partial charge in [-0.1, -0.05) is 25.1 Å². The van der Waals surface area contributed by atoms with E-state index in [1.165, 1.54) is 34.2 Å². The Morgan fingerprint density at radius 2 is 2.00 bits per heavy atom. The lowest BCUT2D eigenvalue weighted by Gasteiger charge is -2.31. The predicted molar refractivity (Wildman–Crippen MR) is 139 cm³/mol. The van der Waals surface area contributed by atoms with E-state index in [1.54, 1.807) is 22.9 Å². The Kier molecular flexibility index (Phi) is 7.52. The fourth-order valence-corrected chi connectivity index (χ4v) is 7.12. The van der Waals surface area contributed by atoms with Crippen LogP contribution in [0, 0.1) is 6.92 Å². The first-order chi connectivity index (χ1) is 15.5. The maximum absolute atomic E-state index is 11.8. The summed E-state index contributed by atoms with van der Waals surface area (Å²) in [6.07, 6.45) is 7.69. The molecule has 0 atom stereocenters. The first-order valence-corrected chi connectivity index (χ1v) is 12.9. The number of amides is 1. The second-order valence-electron chi connectivity index (χ2n) is 9.46. The highest BCUT2D eigenvalue weighted by Crippen LogP contribution is 2.37. The second-order valence-corrected chi connectivity index (χ2v) is 10.6. The molecule has 0 saturated carbocycles. The zero-order valence-electron chi connectivity index (χ0n) is 20.0. The van der Waals surface area contributed by atoms with E-state index in [0.717, 1.165) is 57.6 Å². The highest BCUT2D eigenvalue weighted by molar-refractivity contribution is 7.12. The van der Waals surface area contributed by atoms with Gasteiger partial charge in [0.2, 0.25) is 5.91 Å². The van der Waals surface area contributed by atoms with Crippen molar-refractivity contribution in [3.8, 4) is 0 Å². The van der Waals surface area contributed by atoms with Gasteiger partial charge in [0.05, 0.1) is 12.8 Å². The molecule has 1 amide bonds. The third-order valence-corrected chi connectivity index (χ3v) is 8.88. The van der Waals surface area contributed by atoms with Crippen LogP contribution in [0.15, 0.2) is 28.9 Å². The van der Waals surface area contributed by atoms with Gasteiger partial charge < -0.3 is 14.2 Å². The van der Waals surface area contributed by atoms with Crippen molar-refractivity contribution in [1.29, 1.82) is 0 Å². The lowest BCUT2D eigenvalue weighted by atomic mass is 9.89. The second kappa shape index (κ2) is 10.2. The average molecular weight is 487 g/mol. The molecular weight excluding hydrogens is 452 g/mol. The Hall–Kier alpha value is -1.82. The number of benzene rings is 1. The number of carbonyl (C=O) groups excluding carboxylic acids is 1. The van der Waals surface area contributed by atoms with E-state index in [4.69, 9.17) is 4.42 Å². The van der Waals surface area contributed by atoms with Crippen LogP contribution in [0.4, 0.5) is 0 Å². The Labute approximate surface area is 207 Å². The fraction of sp³-hybridized carbons (Fsp3) is 0.519. The van der Waals surface area contributed by atoms with Crippen molar-refractivity contribution < 1.29 is 9.21 Å². The van der Waals surface area contributed by atoms with E-state index >= 15 is 0 Å². The average Bonchev–Trinajstić information content (AvgIpc) is 3.39. The molecule has 0 radical (unpaired) electrons. The van der Waals surface area contributed by atoms with Gasteiger partial charge in [0.25, 0.3) is 0 Å². The summed E-state index contributed by atoms with van der Waals surface area (Å²) in [5.41, 5.74) is 6.80. The SMILES string of the molecule is CCc1c(CCN2CCC(c3coc4c(C)cccc34)CC2)sc2c1CCN(C(C)=O)C2.Cl. The molecule has 33 heavy (non-hydrogen) atoms. The van der Waals surface area contributed by atoms with Crippen molar-refractivity contribution in [3.05, 3.63) is 56.5 Å². The number of rotatable bonds is 5. The van der Waals surface area contributed by atoms with Crippen LogP contribution in [0.3, 0.4) is 0 Å². The molecule has 0 unspecified atom stereocenters. The van der Waals surface area contributed by atoms with Crippen LogP contribution in [-0.2, 0) is 30.6 Å². The van der Waals surface area contributed by atoms with Gasteiger partial charge in [0, 0.05) is 40.7 Å². The van der Waals surface area contributed by atoms with Gasteiger partial charge in [-0.15, -0.1) is 23.7 Å². The van der Waals surface area contributed by atoms with Crippen molar-refractivity contribution in [2.75, 3.05) is 26.2 Å². The molecule has 6 heteroatoms. The molecule has 3 aromatic rings. The van der Waals surface area contributed by atoms with Crippen LogP contribution < -0.4 is 0 Å². The minimum absolute atomic E-state index is 0. The monoisotopic (exact) mass is 486 g/mol. The van der Waals surface area contributed by atoms with Gasteiger partial charge >= 0.3 is 0 Å². The van der Waals surface area contributed by atoms with E-state index in [9.17, 15) is 4.79 Å². The summed E-state index contributed by atoms with van der Waals surface area (Å²) in [7, 11) is 0. The van der Waals surface area contributed by atoms with Crippen LogP contribution in [-0.4, -0.2) is 41.9 Å². The lowest BCUT2D eigenvalue weighted by molar-refractivity contribution is -0.129. The molecule has 0 aliphatic carbocycles. The van der Waals surface area contributed by atoms with E-state index in [0.29, 0.717) is 5.92 Å². The number of hydrogen-bond acceptors (Lipinski definition) is 4. The van der Waals surface area contributed by atoms with Crippen molar-refractivity contribution in [2.24, 2.45) is 0 Å². The summed E-state index contributed by atoms with van der Waals surface area (Å²) in [5.74, 6) is 0.805. The highest BCUT2D eigenvalue weighted by atomic mass is 35.5. The van der Waals surface area contributed by atoms with Gasteiger partial charge in [-0.25, -0.2) is 0 Å². The Balaban J connectivity index is 0.00000259. The number of nitrogens with zero attached hydrogens (tertiary/aromatic N) is 2. The lowest BCUT2D eigenvalue weighted by Crippen LogP contribution is -2.34. The molecular formula is C27H35ClN2O2S. The van der Waals surface area contributed by atoms with Crippen LogP contribution in [0.25, 0.3) is 11.0 Å². The number of carbonyl (C=O) groups is 1. The molecule has 1 aromatic carbocycles. The Morgan fingerprint density at radius 1 is 1.21 bits per heavy atom. The number of halogens is 1. The quantitative estimate of drug-likeness (QED) is 0.436. The normalized spacial score (nSPS) is 17.2. The van der Waals surface area contributed by atoms with E-state index in [-0.39, 0.29) is 18.3 Å². The Morgan fingerprint density at radius 3 is 2.73 bits per heavy atom. The first-order valence-electron chi connectivity index (χ1n) is 12.1. The Bertz CT molecular complexity index is 1130. The number of hydrogen-bond donors (Lipinski definition) is 0. The molecule has 0 N–H and O–H groups in total. The molecule has 0 spiro atoms. The summed E-state index contributed by atoms with van der Waals surface area (Å²) in [6.45, 7) is 11.3. The third kappa shape index (κ3) is 4.73. The van der Waals surface area contributed by atoms with Crippen molar-refractivity contribution in [1.82, 2.24) is 9.80 Å². The van der Waals surface area contributed by atoms with Crippen LogP contribution in [0.1, 0.15) is 64.6 Å². The molecule has 1 saturated heterocycles. The standard InChI is InChI=1S/C27H34N2O2S.ClH/c1-4-21-22-10-15-29(19(3)30)16-26(22)32-25(21)11-14-28-12-8-20(9-13-28)24-17-31-27-18(2)6-5-7-23(24)27;/h5-7,17,20H,4,8-16H2,1-3H3;1H. The predicted octanol–water partition coefficient (Wildman–Crippen LogP) is 6.11. The zero-order chi connectivity index (χ0) is 22.2. The fourth-order valence-electron chi connectivity index (χ4n) is 5.67. The molecule has 0 bridgehead atoms. The van der Waals surface area contributed by atoms with Crippen molar-refractivity contribution in [2.45, 2.75) is 65.3 Å². The van der Waals surface area contributed by atoms with Crippen LogP contribution >= 0.6 is 23.7 Å². The summed E-state index contributed by atoms with van der Waals surface area (Å²) in [4.78, 5) is 19.4. The van der Waals surface area contributed by atoms with Crippen LogP contribution in [0.5, 0.6) is 0 Å². The molecule has 2 aliphatic rings. The molecule has 2 aliphatic heterocycles. The molecule has 4 heterocycles. The number of piperidine rings is 1. The number of likely N-dealkylation sites (tertiary alicyclic amines) is 1. The molecule has 4 nitrogen and oxygen atoms in total. The van der Waals surface area contributed by atoms with E-state index in [2.05, 4.69) is 36.9 Å². The smallest absolute Gasteiger partial charge is 0.219 e. The summed E-state index contributed by atoms with van der Waals surface area (Å²) >= 11 is 1.96. The van der Waals surface area contributed by atoms with E-state index in [1.807, 2.05) is 22.5 Å². The molecule has 178 valence electrons. The minimum atomic E-state index is 0.